The number of amides is 2. The first kappa shape index (κ1) is 18.3. The number of ether oxygens (including phenoxy) is 1. The van der Waals surface area contributed by atoms with Crippen molar-refractivity contribution in [1.82, 2.24) is 5.32 Å². The SMILES string of the molecule is COCCNC(=O)c1ccccc1NC(=O)c1cc(Cl)cc(Cl)c1. The Morgan fingerprint density at radius 2 is 1.71 bits per heavy atom. The van der Waals surface area contributed by atoms with Gasteiger partial charge < -0.3 is 15.4 Å². The van der Waals surface area contributed by atoms with Crippen LogP contribution in [0.1, 0.15) is 20.7 Å². The van der Waals surface area contributed by atoms with Crippen molar-refractivity contribution in [3.8, 4) is 0 Å². The number of carbonyl (C=O) groups excluding carboxylic acids is 2. The highest BCUT2D eigenvalue weighted by atomic mass is 35.5. The summed E-state index contributed by atoms with van der Waals surface area (Å²) in [5, 5.41) is 6.14. The summed E-state index contributed by atoms with van der Waals surface area (Å²) in [6.07, 6.45) is 0. The number of hydrogen-bond acceptors (Lipinski definition) is 3. The molecule has 0 spiro atoms. The molecule has 0 aromatic heterocycles. The number of rotatable bonds is 6. The molecule has 2 rings (SSSR count). The third kappa shape index (κ3) is 4.96. The average Bonchev–Trinajstić information content (AvgIpc) is 2.54. The fraction of sp³-hybridized carbons (Fsp3) is 0.176. The fourth-order valence-corrected chi connectivity index (χ4v) is 2.56. The highest BCUT2D eigenvalue weighted by Crippen LogP contribution is 2.21. The second-order valence-electron chi connectivity index (χ2n) is 4.91. The van der Waals surface area contributed by atoms with Crippen LogP contribution in [0.15, 0.2) is 42.5 Å². The molecule has 0 aliphatic rings. The van der Waals surface area contributed by atoms with Crippen molar-refractivity contribution in [3.05, 3.63) is 63.6 Å². The molecular weight excluding hydrogens is 351 g/mol. The largest absolute Gasteiger partial charge is 0.383 e. The molecular formula is C17H16Cl2N2O3. The first-order valence-electron chi connectivity index (χ1n) is 7.15. The lowest BCUT2D eigenvalue weighted by molar-refractivity contribution is 0.0938. The Morgan fingerprint density at radius 3 is 2.38 bits per heavy atom. The third-order valence-electron chi connectivity index (χ3n) is 3.14. The summed E-state index contributed by atoms with van der Waals surface area (Å²) in [6, 6.07) is 11.3. The van der Waals surface area contributed by atoms with E-state index in [1.165, 1.54) is 18.2 Å². The Kier molecular flexibility index (Phi) is 6.61. The van der Waals surface area contributed by atoms with Crippen molar-refractivity contribution in [2.45, 2.75) is 0 Å². The smallest absolute Gasteiger partial charge is 0.255 e. The topological polar surface area (TPSA) is 67.4 Å². The van der Waals surface area contributed by atoms with Crippen LogP contribution in [-0.2, 0) is 4.74 Å². The summed E-state index contributed by atoms with van der Waals surface area (Å²) >= 11 is 11.8. The minimum absolute atomic E-state index is 0.299. The van der Waals surface area contributed by atoms with Crippen LogP contribution in [-0.4, -0.2) is 32.1 Å². The quantitative estimate of drug-likeness (QED) is 0.767. The first-order valence-corrected chi connectivity index (χ1v) is 7.90. The lowest BCUT2D eigenvalue weighted by Gasteiger charge is -2.11. The minimum Gasteiger partial charge on any atom is -0.383 e. The molecule has 2 aromatic rings. The number of methoxy groups -OCH3 is 1. The van der Waals surface area contributed by atoms with E-state index < -0.39 is 5.91 Å². The van der Waals surface area contributed by atoms with E-state index in [0.29, 0.717) is 40.0 Å². The highest BCUT2D eigenvalue weighted by Gasteiger charge is 2.14. The number of anilines is 1. The van der Waals surface area contributed by atoms with E-state index >= 15 is 0 Å². The predicted molar refractivity (Wildman–Crippen MR) is 95.1 cm³/mol. The fourth-order valence-electron chi connectivity index (χ4n) is 2.03. The van der Waals surface area contributed by atoms with Gasteiger partial charge in [-0.05, 0) is 30.3 Å². The maximum Gasteiger partial charge on any atom is 0.255 e. The first-order chi connectivity index (χ1) is 11.5. The summed E-state index contributed by atoms with van der Waals surface area (Å²) in [6.45, 7) is 0.781. The molecule has 2 N–H and O–H groups in total. The van der Waals surface area contributed by atoms with Gasteiger partial charge in [0.25, 0.3) is 11.8 Å². The molecule has 0 aliphatic carbocycles. The number of carbonyl (C=O) groups is 2. The molecule has 126 valence electrons. The Bertz CT molecular complexity index is 730. The Labute approximate surface area is 149 Å². The number of hydrogen-bond donors (Lipinski definition) is 2. The summed E-state index contributed by atoms with van der Waals surface area (Å²) in [4.78, 5) is 24.6. The van der Waals surface area contributed by atoms with Crippen molar-refractivity contribution in [2.24, 2.45) is 0 Å². The third-order valence-corrected chi connectivity index (χ3v) is 3.57. The van der Waals surface area contributed by atoms with E-state index in [0.717, 1.165) is 0 Å². The van der Waals surface area contributed by atoms with Gasteiger partial charge in [-0.25, -0.2) is 0 Å². The molecule has 0 heterocycles. The summed E-state index contributed by atoms with van der Waals surface area (Å²) in [7, 11) is 1.55. The van der Waals surface area contributed by atoms with Crippen molar-refractivity contribution >= 4 is 40.7 Å². The monoisotopic (exact) mass is 366 g/mol. The van der Waals surface area contributed by atoms with Crippen LogP contribution in [0.2, 0.25) is 10.0 Å². The molecule has 0 aliphatic heterocycles. The van der Waals surface area contributed by atoms with Crippen molar-refractivity contribution in [2.75, 3.05) is 25.6 Å². The predicted octanol–water partition coefficient (Wildman–Crippen LogP) is 3.62. The van der Waals surface area contributed by atoms with Gasteiger partial charge in [-0.15, -0.1) is 0 Å². The number of para-hydroxylation sites is 1. The standard InChI is InChI=1S/C17H16Cl2N2O3/c1-24-7-6-20-17(23)14-4-2-3-5-15(14)21-16(22)11-8-12(18)10-13(19)9-11/h2-5,8-10H,6-7H2,1H3,(H,20,23)(H,21,22). The van der Waals surface area contributed by atoms with Gasteiger partial charge in [-0.1, -0.05) is 35.3 Å². The zero-order chi connectivity index (χ0) is 17.5. The average molecular weight is 367 g/mol. The molecule has 2 aromatic carbocycles. The van der Waals surface area contributed by atoms with E-state index in [1.54, 1.807) is 31.4 Å². The maximum atomic E-state index is 12.4. The molecule has 24 heavy (non-hydrogen) atoms. The molecule has 0 unspecified atom stereocenters. The van der Waals surface area contributed by atoms with Crippen molar-refractivity contribution < 1.29 is 14.3 Å². The van der Waals surface area contributed by atoms with Crippen LogP contribution < -0.4 is 10.6 Å². The molecule has 2 amide bonds. The number of nitrogens with one attached hydrogen (secondary N) is 2. The van der Waals surface area contributed by atoms with Crippen LogP contribution in [0, 0.1) is 0 Å². The Morgan fingerprint density at radius 1 is 1.04 bits per heavy atom. The van der Waals surface area contributed by atoms with Gasteiger partial charge in [0.2, 0.25) is 0 Å². The van der Waals surface area contributed by atoms with E-state index in [2.05, 4.69) is 10.6 Å². The molecule has 0 atom stereocenters. The van der Waals surface area contributed by atoms with Crippen LogP contribution in [0.3, 0.4) is 0 Å². The molecule has 5 nitrogen and oxygen atoms in total. The lowest BCUT2D eigenvalue weighted by atomic mass is 10.1. The Balaban J connectivity index is 2.17. The van der Waals surface area contributed by atoms with Crippen LogP contribution >= 0.6 is 23.2 Å². The lowest BCUT2D eigenvalue weighted by Crippen LogP contribution is -2.28. The second kappa shape index (κ2) is 8.68. The zero-order valence-corrected chi connectivity index (χ0v) is 14.4. The normalized spacial score (nSPS) is 10.3. The zero-order valence-electron chi connectivity index (χ0n) is 12.9. The molecule has 0 radical (unpaired) electrons. The van der Waals surface area contributed by atoms with Gasteiger partial charge in [-0.3, -0.25) is 9.59 Å². The van der Waals surface area contributed by atoms with Gasteiger partial charge in [0.1, 0.15) is 0 Å². The minimum atomic E-state index is -0.406. The van der Waals surface area contributed by atoms with Gasteiger partial charge >= 0.3 is 0 Å². The van der Waals surface area contributed by atoms with E-state index in [-0.39, 0.29) is 5.91 Å². The molecule has 0 bridgehead atoms. The number of benzene rings is 2. The van der Waals surface area contributed by atoms with Gasteiger partial charge in [0.15, 0.2) is 0 Å². The molecule has 7 heteroatoms. The molecule has 0 saturated heterocycles. The summed E-state index contributed by atoms with van der Waals surface area (Å²) in [5.41, 5.74) is 1.06. The van der Waals surface area contributed by atoms with Gasteiger partial charge in [0.05, 0.1) is 17.9 Å². The van der Waals surface area contributed by atoms with Gasteiger partial charge in [-0.2, -0.15) is 0 Å². The van der Waals surface area contributed by atoms with E-state index in [4.69, 9.17) is 27.9 Å². The molecule has 0 fully saturated rings. The van der Waals surface area contributed by atoms with Crippen molar-refractivity contribution in [3.63, 3.8) is 0 Å². The van der Waals surface area contributed by atoms with Crippen LogP contribution in [0.4, 0.5) is 5.69 Å². The summed E-state index contributed by atoms with van der Waals surface area (Å²) < 4.78 is 4.89. The van der Waals surface area contributed by atoms with Crippen LogP contribution in [0.5, 0.6) is 0 Å². The Hall–Kier alpha value is -2.08. The second-order valence-corrected chi connectivity index (χ2v) is 5.78. The highest BCUT2D eigenvalue weighted by molar-refractivity contribution is 6.35. The van der Waals surface area contributed by atoms with Crippen molar-refractivity contribution in [1.29, 1.82) is 0 Å². The number of halogens is 2. The molecule has 0 saturated carbocycles. The van der Waals surface area contributed by atoms with E-state index in [9.17, 15) is 9.59 Å². The summed E-state index contributed by atoms with van der Waals surface area (Å²) in [5.74, 6) is -0.705. The maximum absolute atomic E-state index is 12.4. The van der Waals surface area contributed by atoms with Crippen LogP contribution in [0.25, 0.3) is 0 Å². The van der Waals surface area contributed by atoms with E-state index in [1.807, 2.05) is 0 Å². The van der Waals surface area contributed by atoms with Gasteiger partial charge in [0, 0.05) is 29.3 Å².